The monoisotopic (exact) mass is 709 g/mol. The number of nitrogens with zero attached hydrogens (tertiary/aromatic N) is 1. The Balaban J connectivity index is 1.03. The van der Waals surface area contributed by atoms with E-state index in [1.165, 1.54) is 89.8 Å². The molecule has 0 radical (unpaired) electrons. The minimum absolute atomic E-state index is 1.13. The third-order valence-corrected chi connectivity index (χ3v) is 13.0. The Bertz CT molecular complexity index is 3160. The van der Waals surface area contributed by atoms with Crippen molar-refractivity contribution in [2.45, 2.75) is 0 Å². The van der Waals surface area contributed by atoms with Crippen LogP contribution in [0.2, 0.25) is 0 Å². The predicted octanol–water partition coefficient (Wildman–Crippen LogP) is 15.5. The number of hydrogen-bond donors (Lipinski definition) is 0. The zero-order valence-electron chi connectivity index (χ0n) is 28.7. The highest BCUT2D eigenvalue weighted by molar-refractivity contribution is 7.26. The number of benzene rings is 9. The van der Waals surface area contributed by atoms with Crippen LogP contribution < -0.4 is 4.90 Å². The lowest BCUT2D eigenvalue weighted by atomic mass is 9.98. The van der Waals surface area contributed by atoms with Crippen LogP contribution in [0.15, 0.2) is 188 Å². The number of fused-ring (bicyclic) bond motifs is 8. The average Bonchev–Trinajstić information content (AvgIpc) is 3.79. The molecule has 0 aliphatic rings. The zero-order chi connectivity index (χ0) is 34.9. The summed E-state index contributed by atoms with van der Waals surface area (Å²) in [5, 5.41) is 10.3. The van der Waals surface area contributed by atoms with Crippen molar-refractivity contribution in [2.24, 2.45) is 0 Å². The SMILES string of the molecule is c1ccc2c(-c3ccc(N(c4ccc(-c5ccc6cc7sc8ccccc8c7cc6c5)cc4)c4cccc5c4sc4ccccc45)cc3)cccc2c1. The molecule has 3 heteroatoms. The smallest absolute Gasteiger partial charge is 0.0640 e. The lowest BCUT2D eigenvalue weighted by molar-refractivity contribution is 1.30. The number of hydrogen-bond acceptors (Lipinski definition) is 3. The molecule has 0 saturated heterocycles. The second-order valence-electron chi connectivity index (χ2n) is 13.7. The van der Waals surface area contributed by atoms with E-state index in [4.69, 9.17) is 0 Å². The average molecular weight is 710 g/mol. The largest absolute Gasteiger partial charge is 0.309 e. The maximum Gasteiger partial charge on any atom is 0.0640 e. The first-order chi connectivity index (χ1) is 26.2. The maximum atomic E-state index is 2.42. The molecular weight excluding hydrogens is 679 g/mol. The van der Waals surface area contributed by atoms with Crippen molar-refractivity contribution in [1.29, 1.82) is 0 Å². The van der Waals surface area contributed by atoms with Gasteiger partial charge in [-0.25, -0.2) is 0 Å². The molecule has 53 heavy (non-hydrogen) atoms. The number of thiophene rings is 2. The molecule has 0 spiro atoms. The zero-order valence-corrected chi connectivity index (χ0v) is 30.3. The third kappa shape index (κ3) is 5.04. The predicted molar refractivity (Wildman–Crippen MR) is 233 cm³/mol. The highest BCUT2D eigenvalue weighted by atomic mass is 32.1. The van der Waals surface area contributed by atoms with Crippen LogP contribution in [0.1, 0.15) is 0 Å². The van der Waals surface area contributed by atoms with Crippen molar-refractivity contribution >= 4 is 102 Å². The molecule has 2 heterocycles. The molecule has 0 amide bonds. The molecule has 0 aliphatic carbocycles. The van der Waals surface area contributed by atoms with Gasteiger partial charge in [-0.3, -0.25) is 0 Å². The van der Waals surface area contributed by atoms with Gasteiger partial charge in [-0.1, -0.05) is 127 Å². The van der Waals surface area contributed by atoms with Gasteiger partial charge in [0, 0.05) is 47.0 Å². The van der Waals surface area contributed by atoms with Crippen LogP contribution >= 0.6 is 22.7 Å². The normalized spacial score (nSPS) is 11.8. The molecule has 0 saturated carbocycles. The molecule has 2 aromatic heterocycles. The Hall–Kier alpha value is -6.26. The van der Waals surface area contributed by atoms with Crippen molar-refractivity contribution < 1.29 is 0 Å². The van der Waals surface area contributed by atoms with E-state index in [2.05, 4.69) is 193 Å². The second-order valence-corrected chi connectivity index (χ2v) is 15.9. The molecule has 0 bridgehead atoms. The van der Waals surface area contributed by atoms with Gasteiger partial charge >= 0.3 is 0 Å². The van der Waals surface area contributed by atoms with E-state index in [0.717, 1.165) is 11.4 Å². The lowest BCUT2D eigenvalue weighted by Gasteiger charge is -2.26. The van der Waals surface area contributed by atoms with Crippen LogP contribution in [0.4, 0.5) is 17.1 Å². The molecule has 0 fully saturated rings. The third-order valence-electron chi connectivity index (χ3n) is 10.6. The summed E-state index contributed by atoms with van der Waals surface area (Å²) in [5.41, 5.74) is 8.34. The van der Waals surface area contributed by atoms with Gasteiger partial charge in [0.25, 0.3) is 0 Å². The van der Waals surface area contributed by atoms with Crippen molar-refractivity contribution in [3.8, 4) is 22.3 Å². The molecule has 0 unspecified atom stereocenters. The van der Waals surface area contributed by atoms with Gasteiger partial charge in [-0.2, -0.15) is 0 Å². The van der Waals surface area contributed by atoms with E-state index in [1.807, 2.05) is 22.7 Å². The Morgan fingerprint density at radius 1 is 0.321 bits per heavy atom. The minimum atomic E-state index is 1.13. The highest BCUT2D eigenvalue weighted by Gasteiger charge is 2.19. The van der Waals surface area contributed by atoms with Gasteiger partial charge < -0.3 is 4.90 Å². The summed E-state index contributed by atoms with van der Waals surface area (Å²) in [6, 6.07) is 69.2. The maximum absolute atomic E-state index is 2.42. The molecule has 11 aromatic rings. The van der Waals surface area contributed by atoms with E-state index in [9.17, 15) is 0 Å². The fraction of sp³-hybridized carbons (Fsp3) is 0. The van der Waals surface area contributed by atoms with Crippen LogP contribution in [-0.4, -0.2) is 0 Å². The summed E-state index contributed by atoms with van der Waals surface area (Å²) in [4.78, 5) is 2.42. The van der Waals surface area contributed by atoms with E-state index in [1.54, 1.807) is 0 Å². The van der Waals surface area contributed by atoms with Gasteiger partial charge in [-0.15, -0.1) is 22.7 Å². The Morgan fingerprint density at radius 3 is 1.72 bits per heavy atom. The second kappa shape index (κ2) is 12.2. The first-order valence-electron chi connectivity index (χ1n) is 18.0. The molecule has 1 nitrogen and oxygen atoms in total. The van der Waals surface area contributed by atoms with E-state index >= 15 is 0 Å². The minimum Gasteiger partial charge on any atom is -0.309 e. The first kappa shape index (κ1) is 30.4. The lowest BCUT2D eigenvalue weighted by Crippen LogP contribution is -2.10. The van der Waals surface area contributed by atoms with E-state index in [0.29, 0.717) is 0 Å². The Labute approximate surface area is 315 Å². The molecule has 248 valence electrons. The summed E-state index contributed by atoms with van der Waals surface area (Å²) in [7, 11) is 0. The molecule has 0 aliphatic heterocycles. The van der Waals surface area contributed by atoms with Crippen LogP contribution in [0.5, 0.6) is 0 Å². The van der Waals surface area contributed by atoms with Gasteiger partial charge in [0.05, 0.1) is 10.4 Å². The molecule has 0 N–H and O–H groups in total. The van der Waals surface area contributed by atoms with Crippen molar-refractivity contribution in [3.63, 3.8) is 0 Å². The van der Waals surface area contributed by atoms with Gasteiger partial charge in [0.15, 0.2) is 0 Å². The fourth-order valence-corrected chi connectivity index (χ4v) is 10.4. The first-order valence-corrected chi connectivity index (χ1v) is 19.6. The van der Waals surface area contributed by atoms with E-state index < -0.39 is 0 Å². The summed E-state index contributed by atoms with van der Waals surface area (Å²) in [6.07, 6.45) is 0. The van der Waals surface area contributed by atoms with Gasteiger partial charge in [-0.05, 0) is 104 Å². The van der Waals surface area contributed by atoms with Crippen LogP contribution in [0, 0.1) is 0 Å². The standard InChI is InChI=1S/C50H31NS2/c1-2-11-40-33(9-1)10-7-14-41(40)34-23-27-39(28-24-34)51(46-16-8-15-44-42-12-3-6-18-48(42)53-50(44)46)38-25-21-32(22-26-38)35-19-20-36-31-49-45(30-37(36)29-35)43-13-4-5-17-47(43)52-49/h1-31H. The molecule has 11 rings (SSSR count). The van der Waals surface area contributed by atoms with Crippen LogP contribution in [0.3, 0.4) is 0 Å². The van der Waals surface area contributed by atoms with Gasteiger partial charge in [0.1, 0.15) is 0 Å². The molecular formula is C50H31NS2. The van der Waals surface area contributed by atoms with Crippen molar-refractivity contribution in [2.75, 3.05) is 4.90 Å². The van der Waals surface area contributed by atoms with Crippen molar-refractivity contribution in [1.82, 2.24) is 0 Å². The summed E-state index contributed by atoms with van der Waals surface area (Å²) in [5.74, 6) is 0. The Kier molecular flexibility index (Phi) is 6.97. The van der Waals surface area contributed by atoms with Crippen molar-refractivity contribution in [3.05, 3.63) is 188 Å². The summed E-state index contributed by atoms with van der Waals surface area (Å²) in [6.45, 7) is 0. The van der Waals surface area contributed by atoms with E-state index in [-0.39, 0.29) is 0 Å². The highest BCUT2D eigenvalue weighted by Crippen LogP contribution is 2.45. The van der Waals surface area contributed by atoms with Gasteiger partial charge in [0.2, 0.25) is 0 Å². The number of rotatable bonds is 5. The summed E-state index contributed by atoms with van der Waals surface area (Å²) < 4.78 is 5.28. The fourth-order valence-electron chi connectivity index (χ4n) is 8.05. The molecule has 0 atom stereocenters. The number of anilines is 3. The van der Waals surface area contributed by atoms with Crippen LogP contribution in [0.25, 0.3) is 84.1 Å². The quantitative estimate of drug-likeness (QED) is 0.172. The summed E-state index contributed by atoms with van der Waals surface area (Å²) >= 11 is 3.74. The molecule has 9 aromatic carbocycles. The Morgan fingerprint density at radius 2 is 0.925 bits per heavy atom. The topological polar surface area (TPSA) is 3.24 Å². The van der Waals surface area contributed by atoms with Crippen LogP contribution in [-0.2, 0) is 0 Å².